The minimum Gasteiger partial charge on any atom is -0.229 e. The van der Waals surface area contributed by atoms with Crippen molar-refractivity contribution in [2.75, 3.05) is 0 Å². The monoisotopic (exact) mass is 315 g/mol. The lowest BCUT2D eigenvalue weighted by molar-refractivity contribution is -0.669. The predicted molar refractivity (Wildman–Crippen MR) is 98.0 cm³/mol. The summed E-state index contributed by atoms with van der Waals surface area (Å²) >= 11 is 0. The molecule has 3 aromatic rings. The first-order valence-corrected chi connectivity index (χ1v) is 8.51. The molecule has 0 bridgehead atoms. The Morgan fingerprint density at radius 3 is 2.42 bits per heavy atom. The Morgan fingerprint density at radius 1 is 0.875 bits per heavy atom. The molecule has 2 nitrogen and oxygen atoms in total. The normalized spacial score (nSPS) is 12.2. The molecule has 0 amide bonds. The maximum absolute atomic E-state index is 4.85. The average Bonchev–Trinajstić information content (AvgIpc) is 2.90. The first-order chi connectivity index (χ1) is 11.5. The third kappa shape index (κ3) is 2.17. The Kier molecular flexibility index (Phi) is 3.31. The van der Waals surface area contributed by atoms with E-state index in [1.807, 2.05) is 0 Å². The second kappa shape index (κ2) is 5.27. The van der Waals surface area contributed by atoms with Crippen LogP contribution in [0.5, 0.6) is 0 Å². The summed E-state index contributed by atoms with van der Waals surface area (Å²) in [7, 11) is 2.15. The third-order valence-electron chi connectivity index (χ3n) is 5.32. The van der Waals surface area contributed by atoms with Gasteiger partial charge in [-0.2, -0.15) is 0 Å². The van der Waals surface area contributed by atoms with Crippen molar-refractivity contribution in [3.8, 4) is 22.5 Å². The number of nitrogens with zero attached hydrogens (tertiary/aromatic N) is 2. The SMILES string of the molecule is Cc1ccc2c(c1)-c1cnc(-c3cc(C)cc(C)c3C)[n+](C)c1C2. The van der Waals surface area contributed by atoms with Crippen molar-refractivity contribution in [1.82, 2.24) is 4.98 Å². The largest absolute Gasteiger partial charge is 0.330 e. The Balaban J connectivity index is 1.92. The molecule has 2 aromatic carbocycles. The summed E-state index contributed by atoms with van der Waals surface area (Å²) in [6.07, 6.45) is 3.05. The highest BCUT2D eigenvalue weighted by atomic mass is 15.0. The molecular formula is C22H23N2+. The van der Waals surface area contributed by atoms with E-state index >= 15 is 0 Å². The Hall–Kier alpha value is -2.48. The number of aromatic nitrogens is 2. The van der Waals surface area contributed by atoms with Crippen LogP contribution in [0.15, 0.2) is 36.5 Å². The van der Waals surface area contributed by atoms with Crippen LogP contribution >= 0.6 is 0 Å². The molecule has 0 unspecified atom stereocenters. The van der Waals surface area contributed by atoms with Gasteiger partial charge in [-0.05, 0) is 66.6 Å². The predicted octanol–water partition coefficient (Wildman–Crippen LogP) is 4.38. The van der Waals surface area contributed by atoms with Gasteiger partial charge >= 0.3 is 5.82 Å². The number of rotatable bonds is 1. The van der Waals surface area contributed by atoms with Crippen molar-refractivity contribution in [2.45, 2.75) is 34.1 Å². The van der Waals surface area contributed by atoms with Gasteiger partial charge in [0.15, 0.2) is 6.20 Å². The second-order valence-corrected chi connectivity index (χ2v) is 7.09. The molecule has 120 valence electrons. The molecule has 0 spiro atoms. The lowest BCUT2D eigenvalue weighted by Gasteiger charge is -2.10. The van der Waals surface area contributed by atoms with Crippen LogP contribution in [0.25, 0.3) is 22.5 Å². The fraction of sp³-hybridized carbons (Fsp3) is 0.273. The highest BCUT2D eigenvalue weighted by Gasteiger charge is 2.29. The zero-order valence-electron chi connectivity index (χ0n) is 15.1. The van der Waals surface area contributed by atoms with Crippen molar-refractivity contribution in [2.24, 2.45) is 7.05 Å². The zero-order chi connectivity index (χ0) is 17.0. The topological polar surface area (TPSA) is 16.8 Å². The van der Waals surface area contributed by atoms with E-state index in [1.165, 1.54) is 50.2 Å². The smallest absolute Gasteiger partial charge is 0.229 e. The fourth-order valence-corrected chi connectivity index (χ4v) is 3.83. The number of hydrogen-bond acceptors (Lipinski definition) is 1. The standard InChI is InChI=1S/C22H23N2/c1-13-6-7-17-11-21-20(19(17)9-13)12-23-22(24(21)5)18-10-14(2)8-15(3)16(18)4/h6-10,12H,11H2,1-5H3/q+1. The van der Waals surface area contributed by atoms with E-state index in [0.717, 1.165) is 12.2 Å². The third-order valence-corrected chi connectivity index (χ3v) is 5.32. The van der Waals surface area contributed by atoms with Gasteiger partial charge in [0.05, 0.1) is 18.2 Å². The van der Waals surface area contributed by atoms with Crippen LogP contribution < -0.4 is 4.57 Å². The fourth-order valence-electron chi connectivity index (χ4n) is 3.83. The first kappa shape index (κ1) is 15.1. The van der Waals surface area contributed by atoms with Gasteiger partial charge in [-0.15, -0.1) is 0 Å². The molecule has 1 aromatic heterocycles. The highest BCUT2D eigenvalue weighted by molar-refractivity contribution is 5.75. The summed E-state index contributed by atoms with van der Waals surface area (Å²) in [4.78, 5) is 4.85. The summed E-state index contributed by atoms with van der Waals surface area (Å²) in [5.74, 6) is 1.06. The second-order valence-electron chi connectivity index (χ2n) is 7.09. The van der Waals surface area contributed by atoms with E-state index in [-0.39, 0.29) is 0 Å². The lowest BCUT2D eigenvalue weighted by atomic mass is 9.99. The average molecular weight is 315 g/mol. The van der Waals surface area contributed by atoms with Crippen LogP contribution in [0, 0.1) is 27.7 Å². The molecular weight excluding hydrogens is 292 g/mol. The van der Waals surface area contributed by atoms with E-state index in [1.54, 1.807) is 0 Å². The van der Waals surface area contributed by atoms with Crippen LogP contribution in [0.2, 0.25) is 0 Å². The Labute approximate surface area is 143 Å². The molecule has 2 heteroatoms. The minimum atomic E-state index is 0.987. The summed E-state index contributed by atoms with van der Waals surface area (Å²) in [6, 6.07) is 11.2. The maximum atomic E-state index is 4.85. The van der Waals surface area contributed by atoms with E-state index in [2.05, 4.69) is 75.8 Å². The van der Waals surface area contributed by atoms with Crippen molar-refractivity contribution < 1.29 is 4.57 Å². The molecule has 24 heavy (non-hydrogen) atoms. The molecule has 1 heterocycles. The molecule has 0 saturated heterocycles. The van der Waals surface area contributed by atoms with Gasteiger partial charge in [0.1, 0.15) is 5.69 Å². The molecule has 0 saturated carbocycles. The zero-order valence-corrected chi connectivity index (χ0v) is 15.1. The minimum absolute atomic E-state index is 0.987. The van der Waals surface area contributed by atoms with Gasteiger partial charge in [-0.1, -0.05) is 29.8 Å². The summed E-state index contributed by atoms with van der Waals surface area (Å²) < 4.78 is 2.28. The molecule has 0 atom stereocenters. The first-order valence-electron chi connectivity index (χ1n) is 8.51. The van der Waals surface area contributed by atoms with Crippen LogP contribution in [-0.4, -0.2) is 4.98 Å². The van der Waals surface area contributed by atoms with Crippen LogP contribution in [-0.2, 0) is 13.5 Å². The lowest BCUT2D eigenvalue weighted by Crippen LogP contribution is -2.37. The van der Waals surface area contributed by atoms with Gasteiger partial charge in [-0.3, -0.25) is 0 Å². The van der Waals surface area contributed by atoms with Crippen molar-refractivity contribution in [1.29, 1.82) is 0 Å². The quantitative estimate of drug-likeness (QED) is 0.476. The summed E-state index contributed by atoms with van der Waals surface area (Å²) in [5.41, 5.74) is 11.9. The van der Waals surface area contributed by atoms with Gasteiger partial charge in [0.25, 0.3) is 0 Å². The molecule has 4 rings (SSSR count). The van der Waals surface area contributed by atoms with E-state index in [0.29, 0.717) is 0 Å². The van der Waals surface area contributed by atoms with Crippen molar-refractivity contribution in [3.05, 3.63) is 70.0 Å². The highest BCUT2D eigenvalue weighted by Crippen LogP contribution is 2.36. The summed E-state index contributed by atoms with van der Waals surface area (Å²) in [5, 5.41) is 0. The molecule has 0 radical (unpaired) electrons. The van der Waals surface area contributed by atoms with Crippen LogP contribution in [0.1, 0.15) is 33.5 Å². The number of benzene rings is 2. The number of fused-ring (bicyclic) bond motifs is 3. The number of aryl methyl sites for hydroxylation is 3. The molecule has 0 aliphatic heterocycles. The maximum Gasteiger partial charge on any atom is 0.330 e. The molecule has 0 fully saturated rings. The van der Waals surface area contributed by atoms with Crippen molar-refractivity contribution >= 4 is 0 Å². The van der Waals surface area contributed by atoms with Gasteiger partial charge in [0.2, 0.25) is 0 Å². The Morgan fingerprint density at radius 2 is 1.62 bits per heavy atom. The van der Waals surface area contributed by atoms with Crippen LogP contribution in [0.3, 0.4) is 0 Å². The van der Waals surface area contributed by atoms with Gasteiger partial charge in [0, 0.05) is 6.42 Å². The van der Waals surface area contributed by atoms with Gasteiger partial charge < -0.3 is 0 Å². The van der Waals surface area contributed by atoms with E-state index < -0.39 is 0 Å². The van der Waals surface area contributed by atoms with Crippen molar-refractivity contribution in [3.63, 3.8) is 0 Å². The van der Waals surface area contributed by atoms with E-state index in [9.17, 15) is 0 Å². The molecule has 1 aliphatic rings. The van der Waals surface area contributed by atoms with E-state index in [4.69, 9.17) is 4.98 Å². The Bertz CT molecular complexity index is 984. The summed E-state index contributed by atoms with van der Waals surface area (Å²) in [6.45, 7) is 8.68. The molecule has 0 N–H and O–H groups in total. The van der Waals surface area contributed by atoms with Crippen LogP contribution in [0.4, 0.5) is 0 Å². The molecule has 1 aliphatic carbocycles. The number of hydrogen-bond donors (Lipinski definition) is 0. The van der Waals surface area contributed by atoms with Gasteiger partial charge in [-0.25, -0.2) is 4.57 Å².